The lowest BCUT2D eigenvalue weighted by atomic mass is 9.85. The van der Waals surface area contributed by atoms with Crippen LogP contribution in [0, 0.1) is 0 Å². The van der Waals surface area contributed by atoms with Gasteiger partial charge in [-0.2, -0.15) is 0 Å². The third kappa shape index (κ3) is 2.41. The van der Waals surface area contributed by atoms with E-state index in [2.05, 4.69) is 5.32 Å². The molecule has 0 amide bonds. The molecule has 20 heavy (non-hydrogen) atoms. The number of anilines is 1. The summed E-state index contributed by atoms with van der Waals surface area (Å²) in [6.07, 6.45) is 0.788. The van der Waals surface area contributed by atoms with Crippen LogP contribution in [0.5, 0.6) is 0 Å². The Morgan fingerprint density at radius 2 is 1.90 bits per heavy atom. The predicted octanol–water partition coefficient (Wildman–Crippen LogP) is 4.78. The number of Topliss-reactive ketones (excluding diaryl/α,β-unsaturated/α-hetero) is 1. The van der Waals surface area contributed by atoms with Gasteiger partial charge in [0.2, 0.25) is 0 Å². The van der Waals surface area contributed by atoms with Gasteiger partial charge in [-0.1, -0.05) is 41.4 Å². The van der Waals surface area contributed by atoms with Crippen LogP contribution in [0.25, 0.3) is 0 Å². The van der Waals surface area contributed by atoms with Gasteiger partial charge in [-0.05, 0) is 36.2 Å². The number of benzene rings is 2. The average Bonchev–Trinajstić information content (AvgIpc) is 2.49. The molecule has 2 nitrogen and oxygen atoms in total. The first kappa shape index (κ1) is 13.5. The van der Waals surface area contributed by atoms with Crippen molar-refractivity contribution in [2.45, 2.75) is 12.3 Å². The highest BCUT2D eigenvalue weighted by molar-refractivity contribution is 6.42. The number of hydrogen-bond acceptors (Lipinski definition) is 2. The van der Waals surface area contributed by atoms with Crippen LogP contribution in [0.15, 0.2) is 42.5 Å². The summed E-state index contributed by atoms with van der Waals surface area (Å²) in [7, 11) is 0. The minimum atomic E-state index is -0.121. The Morgan fingerprint density at radius 3 is 2.70 bits per heavy atom. The van der Waals surface area contributed by atoms with Crippen molar-refractivity contribution in [1.82, 2.24) is 0 Å². The Hall–Kier alpha value is -1.51. The first-order valence-corrected chi connectivity index (χ1v) is 7.24. The molecular formula is C16H13Cl2NO. The molecule has 0 spiro atoms. The van der Waals surface area contributed by atoms with E-state index in [1.54, 1.807) is 18.2 Å². The Bertz CT molecular complexity index is 669. The Morgan fingerprint density at radius 1 is 1.10 bits per heavy atom. The number of ketones is 1. The second kappa shape index (κ2) is 5.47. The minimum absolute atomic E-state index is 0.0949. The lowest BCUT2D eigenvalue weighted by Gasteiger charge is -2.25. The Kier molecular flexibility index (Phi) is 3.68. The maximum atomic E-state index is 12.7. The normalized spacial score (nSPS) is 17.2. The van der Waals surface area contributed by atoms with Crippen molar-refractivity contribution in [1.29, 1.82) is 0 Å². The standard InChI is InChI=1S/C16H13Cl2NO/c17-13-6-5-10(9-14(13)18)16(20)12-7-8-19-15-4-2-1-3-11(12)15/h1-6,9,12,19H,7-8H2. The van der Waals surface area contributed by atoms with Crippen LogP contribution in [0.1, 0.15) is 28.3 Å². The Balaban J connectivity index is 1.97. The molecule has 4 heteroatoms. The summed E-state index contributed by atoms with van der Waals surface area (Å²) in [6.45, 7) is 0.800. The topological polar surface area (TPSA) is 29.1 Å². The molecule has 1 aliphatic rings. The number of rotatable bonds is 2. The minimum Gasteiger partial charge on any atom is -0.385 e. The molecule has 1 unspecified atom stereocenters. The van der Waals surface area contributed by atoms with Crippen LogP contribution in [0.4, 0.5) is 5.69 Å². The molecule has 3 rings (SSSR count). The number of nitrogens with one attached hydrogen (secondary N) is 1. The zero-order valence-electron chi connectivity index (χ0n) is 10.7. The number of carbonyl (C=O) groups is 1. The van der Waals surface area contributed by atoms with E-state index in [0.29, 0.717) is 15.6 Å². The van der Waals surface area contributed by atoms with Crippen molar-refractivity contribution in [3.8, 4) is 0 Å². The van der Waals surface area contributed by atoms with Gasteiger partial charge < -0.3 is 5.32 Å². The summed E-state index contributed by atoms with van der Waals surface area (Å²) in [5, 5.41) is 4.20. The summed E-state index contributed by atoms with van der Waals surface area (Å²) in [5.41, 5.74) is 2.70. The lowest BCUT2D eigenvalue weighted by molar-refractivity contribution is 0.0955. The van der Waals surface area contributed by atoms with Gasteiger partial charge >= 0.3 is 0 Å². The monoisotopic (exact) mass is 305 g/mol. The van der Waals surface area contributed by atoms with Crippen molar-refractivity contribution in [2.75, 3.05) is 11.9 Å². The van der Waals surface area contributed by atoms with Gasteiger partial charge in [0.05, 0.1) is 16.0 Å². The second-order valence-electron chi connectivity index (χ2n) is 4.85. The summed E-state index contributed by atoms with van der Waals surface area (Å²) in [5.74, 6) is -0.0257. The van der Waals surface area contributed by atoms with Gasteiger partial charge in [0.25, 0.3) is 0 Å². The molecule has 1 atom stereocenters. The molecule has 0 saturated carbocycles. The van der Waals surface area contributed by atoms with Gasteiger partial charge in [-0.25, -0.2) is 0 Å². The third-order valence-electron chi connectivity index (χ3n) is 3.61. The molecule has 0 aliphatic carbocycles. The van der Waals surface area contributed by atoms with E-state index in [1.165, 1.54) is 0 Å². The second-order valence-corrected chi connectivity index (χ2v) is 5.66. The van der Waals surface area contributed by atoms with E-state index >= 15 is 0 Å². The molecule has 0 radical (unpaired) electrons. The van der Waals surface area contributed by atoms with Crippen LogP contribution >= 0.6 is 23.2 Å². The molecule has 1 heterocycles. The summed E-state index contributed by atoms with van der Waals surface area (Å²) >= 11 is 11.9. The number of hydrogen-bond donors (Lipinski definition) is 1. The fourth-order valence-electron chi connectivity index (χ4n) is 2.59. The summed E-state index contributed by atoms with van der Waals surface area (Å²) in [4.78, 5) is 12.7. The van der Waals surface area contributed by atoms with E-state index in [0.717, 1.165) is 24.2 Å². The first-order valence-electron chi connectivity index (χ1n) is 6.49. The zero-order valence-corrected chi connectivity index (χ0v) is 12.2. The SMILES string of the molecule is O=C(c1ccc(Cl)c(Cl)c1)C1CCNc2ccccc21. The zero-order chi connectivity index (χ0) is 14.1. The van der Waals surface area contributed by atoms with Crippen molar-refractivity contribution >= 4 is 34.7 Å². The van der Waals surface area contributed by atoms with Gasteiger partial charge in [0, 0.05) is 17.8 Å². The van der Waals surface area contributed by atoms with Crippen LogP contribution in [0.3, 0.4) is 0 Å². The average molecular weight is 306 g/mol. The van der Waals surface area contributed by atoms with Crippen molar-refractivity contribution < 1.29 is 4.79 Å². The summed E-state index contributed by atoms with van der Waals surface area (Å²) < 4.78 is 0. The van der Waals surface area contributed by atoms with Crippen LogP contribution in [-0.2, 0) is 0 Å². The van der Waals surface area contributed by atoms with Gasteiger partial charge in [0.15, 0.2) is 5.78 Å². The highest BCUT2D eigenvalue weighted by atomic mass is 35.5. The van der Waals surface area contributed by atoms with Crippen LogP contribution in [0.2, 0.25) is 10.0 Å². The smallest absolute Gasteiger partial charge is 0.170 e. The molecule has 102 valence electrons. The van der Waals surface area contributed by atoms with E-state index in [-0.39, 0.29) is 11.7 Å². The predicted molar refractivity (Wildman–Crippen MR) is 83.1 cm³/mol. The maximum absolute atomic E-state index is 12.7. The van der Waals surface area contributed by atoms with Crippen molar-refractivity contribution in [3.63, 3.8) is 0 Å². The third-order valence-corrected chi connectivity index (χ3v) is 4.34. The molecule has 2 aromatic rings. The highest BCUT2D eigenvalue weighted by Crippen LogP contribution is 2.34. The van der Waals surface area contributed by atoms with E-state index in [4.69, 9.17) is 23.2 Å². The molecule has 0 fully saturated rings. The quantitative estimate of drug-likeness (QED) is 0.809. The van der Waals surface area contributed by atoms with Gasteiger partial charge in [-0.3, -0.25) is 4.79 Å². The number of carbonyl (C=O) groups excluding carboxylic acids is 1. The van der Waals surface area contributed by atoms with Crippen LogP contribution < -0.4 is 5.32 Å². The van der Waals surface area contributed by atoms with E-state index in [9.17, 15) is 4.79 Å². The lowest BCUT2D eigenvalue weighted by Crippen LogP contribution is -2.23. The van der Waals surface area contributed by atoms with Gasteiger partial charge in [-0.15, -0.1) is 0 Å². The number of halogens is 2. The summed E-state index contributed by atoms with van der Waals surface area (Å²) in [6, 6.07) is 13.0. The van der Waals surface area contributed by atoms with Crippen molar-refractivity contribution in [2.24, 2.45) is 0 Å². The molecule has 0 saturated heterocycles. The van der Waals surface area contributed by atoms with Crippen molar-refractivity contribution in [3.05, 3.63) is 63.6 Å². The molecule has 1 N–H and O–H groups in total. The number of fused-ring (bicyclic) bond motifs is 1. The first-order chi connectivity index (χ1) is 9.66. The molecule has 2 aromatic carbocycles. The molecule has 1 aliphatic heterocycles. The highest BCUT2D eigenvalue weighted by Gasteiger charge is 2.27. The van der Waals surface area contributed by atoms with E-state index < -0.39 is 0 Å². The van der Waals surface area contributed by atoms with Gasteiger partial charge in [0.1, 0.15) is 0 Å². The largest absolute Gasteiger partial charge is 0.385 e. The maximum Gasteiger partial charge on any atom is 0.170 e. The molecular weight excluding hydrogens is 293 g/mol. The van der Waals surface area contributed by atoms with E-state index in [1.807, 2.05) is 24.3 Å². The number of para-hydroxylation sites is 1. The fraction of sp³-hybridized carbons (Fsp3) is 0.188. The molecule has 0 bridgehead atoms. The molecule has 0 aromatic heterocycles. The Labute approximate surface area is 127 Å². The van der Waals surface area contributed by atoms with Crippen LogP contribution in [-0.4, -0.2) is 12.3 Å². The fourth-order valence-corrected chi connectivity index (χ4v) is 2.89.